The lowest BCUT2D eigenvalue weighted by atomic mass is 9.99. The van der Waals surface area contributed by atoms with E-state index in [0.29, 0.717) is 25.6 Å². The van der Waals surface area contributed by atoms with E-state index in [1.165, 1.54) is 0 Å². The number of hydrogen-bond acceptors (Lipinski definition) is 6. The van der Waals surface area contributed by atoms with E-state index in [2.05, 4.69) is 20.6 Å². The van der Waals surface area contributed by atoms with Crippen molar-refractivity contribution in [3.63, 3.8) is 0 Å². The highest BCUT2D eigenvalue weighted by Gasteiger charge is 2.27. The van der Waals surface area contributed by atoms with Gasteiger partial charge in [0, 0.05) is 20.1 Å². The van der Waals surface area contributed by atoms with Crippen LogP contribution in [0.25, 0.3) is 16.8 Å². The van der Waals surface area contributed by atoms with Crippen molar-refractivity contribution in [1.82, 2.24) is 14.5 Å². The number of nitrogens with two attached hydrogens (primary N) is 1. The van der Waals surface area contributed by atoms with E-state index >= 15 is 0 Å². The first-order chi connectivity index (χ1) is 12.2. The molecule has 1 atom stereocenters. The molecule has 1 aliphatic carbocycles. The first kappa shape index (κ1) is 16.4. The molecule has 0 radical (unpaired) electrons. The molecular formula is C18H24N4O3. The van der Waals surface area contributed by atoms with Gasteiger partial charge in [-0.25, -0.2) is 9.97 Å². The summed E-state index contributed by atoms with van der Waals surface area (Å²) in [5, 5.41) is 0. The average Bonchev–Trinajstić information content (AvgIpc) is 3.22. The number of nitrogen functional groups attached to an aromatic ring is 1. The number of aromatic nitrogens is 3. The molecule has 2 N–H and O–H groups in total. The Kier molecular flexibility index (Phi) is 4.35. The van der Waals surface area contributed by atoms with Gasteiger partial charge in [-0.05, 0) is 25.8 Å². The van der Waals surface area contributed by atoms with E-state index in [9.17, 15) is 0 Å². The van der Waals surface area contributed by atoms with Gasteiger partial charge in [-0.2, -0.15) is 0 Å². The number of pyridine rings is 1. The zero-order chi connectivity index (χ0) is 17.4. The van der Waals surface area contributed by atoms with Gasteiger partial charge in [-0.3, -0.25) is 0 Å². The molecule has 0 spiro atoms. The maximum atomic E-state index is 6.26. The summed E-state index contributed by atoms with van der Waals surface area (Å²) in [6.45, 7) is 4.46. The number of fused-ring (bicyclic) bond motifs is 3. The van der Waals surface area contributed by atoms with Crippen LogP contribution in [0.5, 0.6) is 0 Å². The number of rotatable bonds is 5. The number of imidazole rings is 1. The molecule has 7 heteroatoms. The zero-order valence-corrected chi connectivity index (χ0v) is 14.7. The third-order valence-corrected chi connectivity index (χ3v) is 4.79. The Hall–Kier alpha value is -2.12. The zero-order valence-electron chi connectivity index (χ0n) is 14.7. The molecule has 1 fully saturated rings. The molecule has 0 saturated carbocycles. The lowest BCUT2D eigenvalue weighted by Gasteiger charge is -2.22. The molecule has 1 unspecified atom stereocenters. The van der Waals surface area contributed by atoms with Crippen LogP contribution in [0.2, 0.25) is 0 Å². The third kappa shape index (κ3) is 2.87. The number of ether oxygens (including phenoxy) is 3. The van der Waals surface area contributed by atoms with Crippen LogP contribution in [0, 0.1) is 0 Å². The quantitative estimate of drug-likeness (QED) is 0.895. The summed E-state index contributed by atoms with van der Waals surface area (Å²) in [4.78, 5) is 9.28. The molecule has 134 valence electrons. The largest absolute Gasteiger partial charge is 0.487 e. The Morgan fingerprint density at radius 2 is 2.28 bits per heavy atom. The van der Waals surface area contributed by atoms with Crippen molar-refractivity contribution in [3.05, 3.63) is 23.2 Å². The minimum absolute atomic E-state index is 0.0981. The predicted molar refractivity (Wildman–Crippen MR) is 94.9 cm³/mol. The highest BCUT2D eigenvalue weighted by atomic mass is 16.5. The summed E-state index contributed by atoms with van der Waals surface area (Å²) in [5.41, 5.74) is 9.88. The van der Waals surface area contributed by atoms with Gasteiger partial charge in [-0.1, -0.05) is 0 Å². The Labute approximate surface area is 146 Å². The molecular weight excluding hydrogens is 320 g/mol. The Bertz CT molecular complexity index is 822. The molecule has 2 aromatic heterocycles. The van der Waals surface area contributed by atoms with Crippen LogP contribution in [0.3, 0.4) is 0 Å². The lowest BCUT2D eigenvalue weighted by Crippen LogP contribution is -2.16. The molecule has 7 nitrogen and oxygen atoms in total. The van der Waals surface area contributed by atoms with Crippen molar-refractivity contribution in [3.8, 4) is 0 Å². The standard InChI is InChI=1S/C18H24N4O3/c1-3-23-10-14-21-16-17(22(14)2)15-12(20-18(16)19)5-4-6-13(15)25-11-7-8-24-9-11/h6,11H,3-5,7-10H2,1-2H3,(H2,19,20). The first-order valence-corrected chi connectivity index (χ1v) is 8.85. The van der Waals surface area contributed by atoms with Crippen LogP contribution >= 0.6 is 0 Å². The van der Waals surface area contributed by atoms with Gasteiger partial charge in [0.1, 0.15) is 29.8 Å². The normalized spacial score (nSPS) is 19.9. The molecule has 1 aliphatic heterocycles. The van der Waals surface area contributed by atoms with Gasteiger partial charge in [0.05, 0.1) is 30.0 Å². The summed E-state index contributed by atoms with van der Waals surface area (Å²) < 4.78 is 19.3. The van der Waals surface area contributed by atoms with Crippen molar-refractivity contribution in [2.45, 2.75) is 38.9 Å². The minimum atomic E-state index is 0.0981. The monoisotopic (exact) mass is 344 g/mol. The SMILES string of the molecule is CCOCc1nc2c(N)nc3c(c2n1C)C(OC1CCOC1)=CCC3. The Balaban J connectivity index is 1.81. The van der Waals surface area contributed by atoms with Gasteiger partial charge in [-0.15, -0.1) is 0 Å². The third-order valence-electron chi connectivity index (χ3n) is 4.79. The second-order valence-electron chi connectivity index (χ2n) is 6.45. The van der Waals surface area contributed by atoms with E-state index in [4.69, 9.17) is 19.9 Å². The lowest BCUT2D eigenvalue weighted by molar-refractivity contribution is 0.123. The summed E-state index contributed by atoms with van der Waals surface area (Å²) in [6, 6.07) is 0. The molecule has 4 rings (SSSR count). The molecule has 0 aromatic carbocycles. The van der Waals surface area contributed by atoms with E-state index in [-0.39, 0.29) is 6.10 Å². The Morgan fingerprint density at radius 1 is 1.40 bits per heavy atom. The smallest absolute Gasteiger partial charge is 0.151 e. The maximum Gasteiger partial charge on any atom is 0.151 e. The van der Waals surface area contributed by atoms with Crippen molar-refractivity contribution in [2.75, 3.05) is 25.6 Å². The molecule has 2 aliphatic rings. The molecule has 2 aromatic rings. The summed E-state index contributed by atoms with van der Waals surface area (Å²) in [6.07, 6.45) is 4.92. The van der Waals surface area contributed by atoms with Crippen LogP contribution in [-0.2, 0) is 34.3 Å². The molecule has 0 bridgehead atoms. The summed E-state index contributed by atoms with van der Waals surface area (Å²) >= 11 is 0. The van der Waals surface area contributed by atoms with Crippen LogP contribution in [-0.4, -0.2) is 40.5 Å². The Morgan fingerprint density at radius 3 is 3.04 bits per heavy atom. The number of nitrogens with zero attached hydrogens (tertiary/aromatic N) is 3. The van der Waals surface area contributed by atoms with Gasteiger partial charge in [0.15, 0.2) is 5.82 Å². The van der Waals surface area contributed by atoms with Crippen LogP contribution < -0.4 is 5.73 Å². The topological polar surface area (TPSA) is 84.4 Å². The van der Waals surface area contributed by atoms with Gasteiger partial charge >= 0.3 is 0 Å². The molecule has 0 amide bonds. The van der Waals surface area contributed by atoms with Crippen molar-refractivity contribution < 1.29 is 14.2 Å². The van der Waals surface area contributed by atoms with E-state index in [1.54, 1.807) is 0 Å². The number of allylic oxidation sites excluding steroid dienone is 1. The minimum Gasteiger partial charge on any atom is -0.487 e. The van der Waals surface area contributed by atoms with Crippen molar-refractivity contribution in [1.29, 1.82) is 0 Å². The van der Waals surface area contributed by atoms with E-state index in [1.807, 2.05) is 14.0 Å². The van der Waals surface area contributed by atoms with Crippen LogP contribution in [0.15, 0.2) is 6.08 Å². The molecule has 3 heterocycles. The second kappa shape index (κ2) is 6.65. The van der Waals surface area contributed by atoms with Crippen LogP contribution in [0.4, 0.5) is 5.82 Å². The van der Waals surface area contributed by atoms with Gasteiger partial charge in [0.2, 0.25) is 0 Å². The van der Waals surface area contributed by atoms with E-state index < -0.39 is 0 Å². The summed E-state index contributed by atoms with van der Waals surface area (Å²) in [7, 11) is 1.99. The number of hydrogen-bond donors (Lipinski definition) is 1. The second-order valence-corrected chi connectivity index (χ2v) is 6.45. The first-order valence-electron chi connectivity index (χ1n) is 8.85. The van der Waals surface area contributed by atoms with Crippen molar-refractivity contribution in [2.24, 2.45) is 7.05 Å². The fourth-order valence-corrected chi connectivity index (χ4v) is 3.50. The fourth-order valence-electron chi connectivity index (χ4n) is 3.50. The predicted octanol–water partition coefficient (Wildman–Crippen LogP) is 2.18. The summed E-state index contributed by atoms with van der Waals surface area (Å²) in [5.74, 6) is 2.19. The number of anilines is 1. The van der Waals surface area contributed by atoms with Gasteiger partial charge < -0.3 is 24.5 Å². The van der Waals surface area contributed by atoms with Gasteiger partial charge in [0.25, 0.3) is 0 Å². The highest BCUT2D eigenvalue weighted by molar-refractivity contribution is 5.95. The molecule has 25 heavy (non-hydrogen) atoms. The van der Waals surface area contributed by atoms with Crippen LogP contribution in [0.1, 0.15) is 36.8 Å². The fraction of sp³-hybridized carbons (Fsp3) is 0.556. The van der Waals surface area contributed by atoms with Crippen molar-refractivity contribution >= 4 is 22.6 Å². The maximum absolute atomic E-state index is 6.26. The highest BCUT2D eigenvalue weighted by Crippen LogP contribution is 2.36. The molecule has 1 saturated heterocycles. The average molecular weight is 344 g/mol. The van der Waals surface area contributed by atoms with E-state index in [0.717, 1.165) is 59.7 Å². The number of aryl methyl sites for hydroxylation is 2.